The second-order valence-corrected chi connectivity index (χ2v) is 8.29. The fraction of sp³-hybridized carbons (Fsp3) is 0.278. The van der Waals surface area contributed by atoms with Gasteiger partial charge in [-0.3, -0.25) is 4.79 Å². The lowest BCUT2D eigenvalue weighted by Gasteiger charge is -2.24. The van der Waals surface area contributed by atoms with Crippen molar-refractivity contribution >= 4 is 21.4 Å². The minimum Gasteiger partial charge on any atom is -0.492 e. The van der Waals surface area contributed by atoms with Crippen molar-refractivity contribution in [3.63, 3.8) is 0 Å². The number of rotatable bonds is 7. The number of sulfone groups is 1. The van der Waals surface area contributed by atoms with Crippen LogP contribution in [0.25, 0.3) is 0 Å². The molecule has 0 spiro atoms. The van der Waals surface area contributed by atoms with Gasteiger partial charge in [0, 0.05) is 18.0 Å². The average Bonchev–Trinajstić information content (AvgIpc) is 2.55. The Balaban J connectivity index is 2.05. The third-order valence-electron chi connectivity index (χ3n) is 3.66. The normalized spacial score (nSPS) is 13.7. The fourth-order valence-corrected chi connectivity index (χ4v) is 2.54. The molecule has 0 aromatic heterocycles. The van der Waals surface area contributed by atoms with Crippen LogP contribution in [0.15, 0.2) is 54.6 Å². The monoisotopic (exact) mass is 362 g/mol. The molecule has 0 heterocycles. The first-order chi connectivity index (χ1) is 11.7. The lowest BCUT2D eigenvalue weighted by atomic mass is 9.92. The number of carbonyl (C=O) groups excluding carboxylic acids is 1. The standard InChI is InChI=1S/C18H22N2O4S/c1-18(19,14-7-4-3-5-8-14)17(21)20-15-9-6-10-16(13-15)24-11-12-25(2,22)23/h3-10,13H,11-12,19H2,1-2H3,(H,20,21). The van der Waals surface area contributed by atoms with E-state index in [0.29, 0.717) is 17.0 Å². The maximum absolute atomic E-state index is 12.5. The van der Waals surface area contributed by atoms with Crippen molar-refractivity contribution in [2.45, 2.75) is 12.5 Å². The summed E-state index contributed by atoms with van der Waals surface area (Å²) in [5.41, 5.74) is 6.22. The topological polar surface area (TPSA) is 98.5 Å². The van der Waals surface area contributed by atoms with E-state index in [-0.39, 0.29) is 18.3 Å². The van der Waals surface area contributed by atoms with Crippen LogP contribution in [-0.4, -0.2) is 32.9 Å². The highest BCUT2D eigenvalue weighted by molar-refractivity contribution is 7.90. The summed E-state index contributed by atoms with van der Waals surface area (Å²) in [4.78, 5) is 12.5. The second kappa shape index (κ2) is 7.67. The van der Waals surface area contributed by atoms with Gasteiger partial charge in [-0.25, -0.2) is 8.42 Å². The number of amides is 1. The number of benzene rings is 2. The van der Waals surface area contributed by atoms with Gasteiger partial charge >= 0.3 is 0 Å². The van der Waals surface area contributed by atoms with Crippen LogP contribution in [0.1, 0.15) is 12.5 Å². The number of hydrogen-bond donors (Lipinski definition) is 2. The molecule has 0 bridgehead atoms. The molecule has 134 valence electrons. The van der Waals surface area contributed by atoms with E-state index in [9.17, 15) is 13.2 Å². The van der Waals surface area contributed by atoms with Crippen molar-refractivity contribution in [2.75, 3.05) is 23.9 Å². The fourth-order valence-electron chi connectivity index (χ4n) is 2.15. The molecule has 0 aliphatic heterocycles. The van der Waals surface area contributed by atoms with E-state index in [1.807, 2.05) is 18.2 Å². The van der Waals surface area contributed by atoms with Crippen molar-refractivity contribution < 1.29 is 17.9 Å². The van der Waals surface area contributed by atoms with Crippen LogP contribution in [0.3, 0.4) is 0 Å². The lowest BCUT2D eigenvalue weighted by Crippen LogP contribution is -2.45. The van der Waals surface area contributed by atoms with Crippen LogP contribution in [0.2, 0.25) is 0 Å². The molecule has 1 amide bonds. The maximum Gasteiger partial charge on any atom is 0.248 e. The van der Waals surface area contributed by atoms with Crippen molar-refractivity contribution in [1.82, 2.24) is 0 Å². The van der Waals surface area contributed by atoms with Crippen molar-refractivity contribution in [3.8, 4) is 5.75 Å². The van der Waals surface area contributed by atoms with Gasteiger partial charge < -0.3 is 15.8 Å². The van der Waals surface area contributed by atoms with Gasteiger partial charge in [-0.15, -0.1) is 0 Å². The summed E-state index contributed by atoms with van der Waals surface area (Å²) >= 11 is 0. The van der Waals surface area contributed by atoms with Crippen molar-refractivity contribution in [1.29, 1.82) is 0 Å². The number of nitrogens with two attached hydrogens (primary N) is 1. The van der Waals surface area contributed by atoms with Crippen molar-refractivity contribution in [2.24, 2.45) is 5.73 Å². The molecular weight excluding hydrogens is 340 g/mol. The third-order valence-corrected chi connectivity index (χ3v) is 4.57. The van der Waals surface area contributed by atoms with E-state index >= 15 is 0 Å². The molecule has 0 saturated heterocycles. The van der Waals surface area contributed by atoms with Gasteiger partial charge in [-0.05, 0) is 24.6 Å². The molecule has 0 radical (unpaired) electrons. The van der Waals surface area contributed by atoms with Gasteiger partial charge in [0.05, 0.1) is 5.75 Å². The van der Waals surface area contributed by atoms with E-state index < -0.39 is 15.4 Å². The Bertz CT molecular complexity index is 833. The molecule has 3 N–H and O–H groups in total. The summed E-state index contributed by atoms with van der Waals surface area (Å²) in [6.07, 6.45) is 1.15. The summed E-state index contributed by atoms with van der Waals surface area (Å²) < 4.78 is 27.7. The Morgan fingerprint density at radius 1 is 1.16 bits per heavy atom. The number of anilines is 1. The van der Waals surface area contributed by atoms with Gasteiger partial charge in [0.15, 0.2) is 9.84 Å². The first-order valence-electron chi connectivity index (χ1n) is 7.75. The van der Waals surface area contributed by atoms with E-state index in [1.54, 1.807) is 43.3 Å². The largest absolute Gasteiger partial charge is 0.492 e. The highest BCUT2D eigenvalue weighted by Crippen LogP contribution is 2.22. The first kappa shape index (κ1) is 19.0. The summed E-state index contributed by atoms with van der Waals surface area (Å²) in [7, 11) is -3.08. The Labute approximate surface area is 147 Å². The smallest absolute Gasteiger partial charge is 0.248 e. The number of hydrogen-bond acceptors (Lipinski definition) is 5. The predicted octanol–water partition coefficient (Wildman–Crippen LogP) is 1.92. The highest BCUT2D eigenvalue weighted by atomic mass is 32.2. The average molecular weight is 362 g/mol. The van der Waals surface area contributed by atoms with Gasteiger partial charge in [0.2, 0.25) is 5.91 Å². The Morgan fingerprint density at radius 3 is 2.48 bits per heavy atom. The van der Waals surface area contributed by atoms with Gasteiger partial charge in [-0.1, -0.05) is 36.4 Å². The molecule has 1 atom stereocenters. The van der Waals surface area contributed by atoms with Gasteiger partial charge in [0.1, 0.15) is 17.9 Å². The number of ether oxygens (including phenoxy) is 1. The molecule has 2 rings (SSSR count). The molecule has 0 aliphatic carbocycles. The van der Waals surface area contributed by atoms with Gasteiger partial charge in [0.25, 0.3) is 0 Å². The van der Waals surface area contributed by atoms with Crippen LogP contribution in [0.4, 0.5) is 5.69 Å². The zero-order chi connectivity index (χ0) is 18.5. The van der Waals surface area contributed by atoms with E-state index in [4.69, 9.17) is 10.5 Å². The SMILES string of the molecule is CC(N)(C(=O)Nc1cccc(OCCS(C)(=O)=O)c1)c1ccccc1. The molecule has 25 heavy (non-hydrogen) atoms. The van der Waals surface area contributed by atoms with E-state index in [2.05, 4.69) is 5.32 Å². The molecule has 7 heteroatoms. The molecule has 2 aromatic rings. The summed E-state index contributed by atoms with van der Waals surface area (Å²) in [5.74, 6) is 0.0465. The van der Waals surface area contributed by atoms with E-state index in [1.165, 1.54) is 0 Å². The molecule has 2 aromatic carbocycles. The third kappa shape index (κ3) is 5.58. The molecule has 0 fully saturated rings. The number of carbonyl (C=O) groups is 1. The molecule has 0 aliphatic rings. The minimum atomic E-state index is -3.08. The maximum atomic E-state index is 12.5. The molecule has 1 unspecified atom stereocenters. The molecule has 6 nitrogen and oxygen atoms in total. The predicted molar refractivity (Wildman–Crippen MR) is 98.3 cm³/mol. The van der Waals surface area contributed by atoms with Gasteiger partial charge in [-0.2, -0.15) is 0 Å². The summed E-state index contributed by atoms with van der Waals surface area (Å²) in [6.45, 7) is 1.69. The summed E-state index contributed by atoms with van der Waals surface area (Å²) in [5, 5.41) is 2.77. The summed E-state index contributed by atoms with van der Waals surface area (Å²) in [6, 6.07) is 15.8. The molecule has 0 saturated carbocycles. The quantitative estimate of drug-likeness (QED) is 0.784. The van der Waals surface area contributed by atoms with E-state index in [0.717, 1.165) is 6.26 Å². The van der Waals surface area contributed by atoms with Crippen molar-refractivity contribution in [3.05, 3.63) is 60.2 Å². The highest BCUT2D eigenvalue weighted by Gasteiger charge is 2.30. The van der Waals surface area contributed by atoms with Crippen LogP contribution in [0, 0.1) is 0 Å². The zero-order valence-electron chi connectivity index (χ0n) is 14.2. The van der Waals surface area contributed by atoms with Crippen LogP contribution < -0.4 is 15.8 Å². The Hall–Kier alpha value is -2.38. The Morgan fingerprint density at radius 2 is 1.84 bits per heavy atom. The Kier molecular flexibility index (Phi) is 5.81. The lowest BCUT2D eigenvalue weighted by molar-refractivity contribution is -0.120. The zero-order valence-corrected chi connectivity index (χ0v) is 15.0. The second-order valence-electron chi connectivity index (χ2n) is 6.03. The molecular formula is C18H22N2O4S. The number of nitrogens with one attached hydrogen (secondary N) is 1. The van der Waals surface area contributed by atoms with Crippen LogP contribution in [0.5, 0.6) is 5.75 Å². The first-order valence-corrected chi connectivity index (χ1v) is 9.81. The van der Waals surface area contributed by atoms with Crippen LogP contribution >= 0.6 is 0 Å². The minimum absolute atomic E-state index is 0.0504. The van der Waals surface area contributed by atoms with Crippen LogP contribution in [-0.2, 0) is 20.2 Å².